The lowest BCUT2D eigenvalue weighted by atomic mass is 10.1. The SMILES string of the molecule is CC(C)n1ccnc1CN1CCN(c2ccccc2C#N)CC1. The van der Waals surface area contributed by atoms with E-state index in [0.717, 1.165) is 49.8 Å². The van der Waals surface area contributed by atoms with Crippen molar-refractivity contribution >= 4 is 5.69 Å². The highest BCUT2D eigenvalue weighted by atomic mass is 15.3. The molecule has 0 aliphatic carbocycles. The molecule has 3 rings (SSSR count). The molecular formula is C18H23N5. The summed E-state index contributed by atoms with van der Waals surface area (Å²) in [6.45, 7) is 9.13. The Bertz CT molecular complexity index is 689. The number of imidazole rings is 1. The van der Waals surface area contributed by atoms with Crippen LogP contribution in [0.2, 0.25) is 0 Å². The lowest BCUT2D eigenvalue weighted by molar-refractivity contribution is 0.239. The first kappa shape index (κ1) is 15.6. The van der Waals surface area contributed by atoms with Crippen molar-refractivity contribution in [1.29, 1.82) is 5.26 Å². The van der Waals surface area contributed by atoms with Crippen LogP contribution in [0.4, 0.5) is 5.69 Å². The van der Waals surface area contributed by atoms with E-state index >= 15 is 0 Å². The van der Waals surface area contributed by atoms with Crippen molar-refractivity contribution in [2.75, 3.05) is 31.1 Å². The monoisotopic (exact) mass is 309 g/mol. The number of anilines is 1. The molecule has 2 heterocycles. The molecule has 0 atom stereocenters. The van der Waals surface area contributed by atoms with Crippen molar-refractivity contribution < 1.29 is 0 Å². The van der Waals surface area contributed by atoms with Gasteiger partial charge in [0.2, 0.25) is 0 Å². The molecule has 0 radical (unpaired) electrons. The summed E-state index contributed by atoms with van der Waals surface area (Å²) in [7, 11) is 0. The predicted octanol–water partition coefficient (Wildman–Crippen LogP) is 2.66. The van der Waals surface area contributed by atoms with Gasteiger partial charge in [-0.25, -0.2) is 4.98 Å². The molecule has 1 fully saturated rings. The van der Waals surface area contributed by atoms with Gasteiger partial charge >= 0.3 is 0 Å². The fourth-order valence-electron chi connectivity index (χ4n) is 3.13. The summed E-state index contributed by atoms with van der Waals surface area (Å²) in [4.78, 5) is 9.25. The van der Waals surface area contributed by atoms with Crippen molar-refractivity contribution in [3.05, 3.63) is 48.0 Å². The average molecular weight is 309 g/mol. The van der Waals surface area contributed by atoms with Crippen LogP contribution >= 0.6 is 0 Å². The highest BCUT2D eigenvalue weighted by Crippen LogP contribution is 2.21. The minimum absolute atomic E-state index is 0.441. The number of rotatable bonds is 4. The Balaban J connectivity index is 1.63. The van der Waals surface area contributed by atoms with E-state index in [1.807, 2.05) is 30.5 Å². The van der Waals surface area contributed by atoms with Gasteiger partial charge in [-0.2, -0.15) is 5.26 Å². The van der Waals surface area contributed by atoms with Gasteiger partial charge < -0.3 is 9.47 Å². The molecule has 0 saturated carbocycles. The van der Waals surface area contributed by atoms with Crippen LogP contribution in [0.5, 0.6) is 0 Å². The van der Waals surface area contributed by atoms with Gasteiger partial charge in [-0.15, -0.1) is 0 Å². The Hall–Kier alpha value is -2.32. The summed E-state index contributed by atoms with van der Waals surface area (Å²) in [5.74, 6) is 1.13. The van der Waals surface area contributed by atoms with Crippen LogP contribution in [-0.2, 0) is 6.54 Å². The van der Waals surface area contributed by atoms with Gasteiger partial charge in [-0.1, -0.05) is 12.1 Å². The standard InChI is InChI=1S/C18H23N5/c1-15(2)23-8-7-20-18(23)14-21-9-11-22(12-10-21)17-6-4-3-5-16(17)13-19/h3-8,15H,9-12,14H2,1-2H3. The molecule has 1 saturated heterocycles. The maximum absolute atomic E-state index is 9.26. The number of nitrogens with zero attached hydrogens (tertiary/aromatic N) is 5. The van der Waals surface area contributed by atoms with Crippen LogP contribution in [-0.4, -0.2) is 40.6 Å². The van der Waals surface area contributed by atoms with E-state index in [-0.39, 0.29) is 0 Å². The summed E-state index contributed by atoms with van der Waals surface area (Å²) in [6.07, 6.45) is 3.94. The number of para-hydroxylation sites is 1. The van der Waals surface area contributed by atoms with Crippen LogP contribution in [0.1, 0.15) is 31.3 Å². The fraction of sp³-hybridized carbons (Fsp3) is 0.444. The van der Waals surface area contributed by atoms with Gasteiger partial charge in [0.15, 0.2) is 0 Å². The van der Waals surface area contributed by atoms with E-state index in [1.165, 1.54) is 0 Å². The quantitative estimate of drug-likeness (QED) is 0.871. The summed E-state index contributed by atoms with van der Waals surface area (Å²) >= 11 is 0. The third kappa shape index (κ3) is 3.38. The number of nitriles is 1. The summed E-state index contributed by atoms with van der Waals surface area (Å²) < 4.78 is 2.23. The van der Waals surface area contributed by atoms with Gasteiger partial charge in [0.05, 0.1) is 17.8 Å². The molecule has 1 aliphatic heterocycles. The van der Waals surface area contributed by atoms with E-state index in [4.69, 9.17) is 0 Å². The van der Waals surface area contributed by atoms with E-state index in [0.29, 0.717) is 6.04 Å². The van der Waals surface area contributed by atoms with E-state index < -0.39 is 0 Å². The first-order chi connectivity index (χ1) is 11.2. The van der Waals surface area contributed by atoms with Crippen LogP contribution < -0.4 is 4.90 Å². The first-order valence-electron chi connectivity index (χ1n) is 8.17. The van der Waals surface area contributed by atoms with Crippen molar-refractivity contribution in [3.63, 3.8) is 0 Å². The molecule has 1 aromatic heterocycles. The molecule has 120 valence electrons. The third-order valence-corrected chi connectivity index (χ3v) is 4.41. The molecule has 0 spiro atoms. The normalized spacial score (nSPS) is 15.8. The molecular weight excluding hydrogens is 286 g/mol. The van der Waals surface area contributed by atoms with Crippen LogP contribution in [0.25, 0.3) is 0 Å². The number of benzene rings is 1. The molecule has 1 aliphatic rings. The zero-order chi connectivity index (χ0) is 16.2. The van der Waals surface area contributed by atoms with Gasteiger partial charge in [-0.3, -0.25) is 4.90 Å². The maximum Gasteiger partial charge on any atom is 0.123 e. The lowest BCUT2D eigenvalue weighted by Crippen LogP contribution is -2.46. The molecule has 0 N–H and O–H groups in total. The highest BCUT2D eigenvalue weighted by Gasteiger charge is 2.20. The summed E-state index contributed by atoms with van der Waals surface area (Å²) in [5, 5.41) is 9.26. The average Bonchev–Trinajstić information content (AvgIpc) is 3.04. The van der Waals surface area contributed by atoms with Crippen LogP contribution in [0.15, 0.2) is 36.7 Å². The van der Waals surface area contributed by atoms with Gasteiger partial charge in [-0.05, 0) is 26.0 Å². The minimum atomic E-state index is 0.441. The Morgan fingerprint density at radius 1 is 1.17 bits per heavy atom. The Kier molecular flexibility index (Phi) is 4.63. The minimum Gasteiger partial charge on any atom is -0.368 e. The lowest BCUT2D eigenvalue weighted by Gasteiger charge is -2.36. The number of hydrogen-bond acceptors (Lipinski definition) is 4. The number of hydrogen-bond donors (Lipinski definition) is 0. The molecule has 2 aromatic rings. The first-order valence-corrected chi connectivity index (χ1v) is 8.17. The second-order valence-corrected chi connectivity index (χ2v) is 6.24. The topological polar surface area (TPSA) is 48.1 Å². The van der Waals surface area contributed by atoms with Gasteiger partial charge in [0.1, 0.15) is 11.9 Å². The number of piperazine rings is 1. The molecule has 0 unspecified atom stereocenters. The summed E-state index contributed by atoms with van der Waals surface area (Å²) in [6, 6.07) is 10.6. The smallest absolute Gasteiger partial charge is 0.123 e. The van der Waals surface area contributed by atoms with E-state index in [2.05, 4.69) is 45.5 Å². The molecule has 5 heteroatoms. The van der Waals surface area contributed by atoms with Gasteiger partial charge in [0.25, 0.3) is 0 Å². The highest BCUT2D eigenvalue weighted by molar-refractivity contribution is 5.59. The maximum atomic E-state index is 9.26. The van der Waals surface area contributed by atoms with Crippen LogP contribution in [0.3, 0.4) is 0 Å². The summed E-state index contributed by atoms with van der Waals surface area (Å²) in [5.41, 5.74) is 1.81. The second-order valence-electron chi connectivity index (χ2n) is 6.24. The number of aromatic nitrogens is 2. The van der Waals surface area contributed by atoms with Crippen molar-refractivity contribution in [2.24, 2.45) is 0 Å². The molecule has 1 aromatic carbocycles. The Labute approximate surface area is 137 Å². The third-order valence-electron chi connectivity index (χ3n) is 4.41. The second kappa shape index (κ2) is 6.84. The molecule has 0 amide bonds. The zero-order valence-electron chi connectivity index (χ0n) is 13.8. The van der Waals surface area contributed by atoms with Crippen molar-refractivity contribution in [2.45, 2.75) is 26.4 Å². The zero-order valence-corrected chi connectivity index (χ0v) is 13.8. The Morgan fingerprint density at radius 3 is 2.61 bits per heavy atom. The Morgan fingerprint density at radius 2 is 1.91 bits per heavy atom. The molecule has 23 heavy (non-hydrogen) atoms. The van der Waals surface area contributed by atoms with Crippen molar-refractivity contribution in [3.8, 4) is 6.07 Å². The molecule has 5 nitrogen and oxygen atoms in total. The van der Waals surface area contributed by atoms with Crippen molar-refractivity contribution in [1.82, 2.24) is 14.5 Å². The van der Waals surface area contributed by atoms with E-state index in [9.17, 15) is 5.26 Å². The van der Waals surface area contributed by atoms with Crippen LogP contribution in [0, 0.1) is 11.3 Å². The largest absolute Gasteiger partial charge is 0.368 e. The molecule has 0 bridgehead atoms. The predicted molar refractivity (Wildman–Crippen MR) is 91.3 cm³/mol. The van der Waals surface area contributed by atoms with Gasteiger partial charge in [0, 0.05) is 44.6 Å². The fourth-order valence-corrected chi connectivity index (χ4v) is 3.13. The van der Waals surface area contributed by atoms with E-state index in [1.54, 1.807) is 0 Å².